The molecule has 0 aliphatic carbocycles. The lowest BCUT2D eigenvalue weighted by Gasteiger charge is -2.12. The maximum absolute atomic E-state index is 13.4. The number of benzene rings is 1. The fraction of sp³-hybridized carbons (Fsp3) is 0.250. The lowest BCUT2D eigenvalue weighted by Crippen LogP contribution is -2.28. The zero-order valence-corrected chi connectivity index (χ0v) is 12.4. The fourth-order valence-corrected chi connectivity index (χ4v) is 2.62. The van der Waals surface area contributed by atoms with Gasteiger partial charge in [-0.15, -0.1) is 0 Å². The highest BCUT2D eigenvalue weighted by Crippen LogP contribution is 2.23. The van der Waals surface area contributed by atoms with E-state index in [4.69, 9.17) is 0 Å². The monoisotopic (exact) mass is 300 g/mol. The predicted molar refractivity (Wildman–Crippen MR) is 81.8 cm³/mol. The van der Waals surface area contributed by atoms with E-state index >= 15 is 0 Å². The maximum atomic E-state index is 13.4. The number of hydrogen-bond donors (Lipinski definition) is 3. The molecule has 22 heavy (non-hydrogen) atoms. The average Bonchev–Trinajstić information content (AvgIpc) is 3.09. The van der Waals surface area contributed by atoms with Crippen molar-refractivity contribution in [3.05, 3.63) is 53.5 Å². The summed E-state index contributed by atoms with van der Waals surface area (Å²) in [6.07, 6.45) is 3.45. The molecule has 3 N–H and O–H groups in total. The van der Waals surface area contributed by atoms with Crippen molar-refractivity contribution in [2.75, 3.05) is 0 Å². The Morgan fingerprint density at radius 2 is 2.27 bits per heavy atom. The molecular weight excluding hydrogens is 283 g/mol. The summed E-state index contributed by atoms with van der Waals surface area (Å²) >= 11 is 0. The second-order valence-electron chi connectivity index (χ2n) is 5.39. The van der Waals surface area contributed by atoms with Crippen molar-refractivity contribution in [2.24, 2.45) is 0 Å². The summed E-state index contributed by atoms with van der Waals surface area (Å²) < 4.78 is 13.4. The Labute approximate surface area is 127 Å². The number of aromatic amines is 2. The van der Waals surface area contributed by atoms with Crippen molar-refractivity contribution < 1.29 is 9.18 Å². The highest BCUT2D eigenvalue weighted by molar-refractivity contribution is 5.90. The van der Waals surface area contributed by atoms with Gasteiger partial charge in [-0.05, 0) is 37.6 Å². The van der Waals surface area contributed by atoms with Gasteiger partial charge in [0.1, 0.15) is 5.82 Å². The summed E-state index contributed by atoms with van der Waals surface area (Å²) in [5, 5.41) is 3.66. The SMILES string of the molecule is Cc1[nH]c2ccc(F)cc2c1CC(=O)N[C@@H](C)c1cnc[nH]1. The summed E-state index contributed by atoms with van der Waals surface area (Å²) in [6.45, 7) is 3.77. The number of aromatic nitrogens is 3. The molecule has 0 spiro atoms. The van der Waals surface area contributed by atoms with Crippen LogP contribution in [0.2, 0.25) is 0 Å². The second-order valence-corrected chi connectivity index (χ2v) is 5.39. The van der Waals surface area contributed by atoms with Crippen LogP contribution in [-0.2, 0) is 11.2 Å². The molecule has 0 aliphatic rings. The zero-order chi connectivity index (χ0) is 15.7. The first-order chi connectivity index (χ1) is 10.5. The second kappa shape index (κ2) is 5.63. The molecular formula is C16H17FN4O. The number of halogens is 1. The van der Waals surface area contributed by atoms with Gasteiger partial charge in [0.15, 0.2) is 0 Å². The van der Waals surface area contributed by atoms with Crippen LogP contribution in [0.5, 0.6) is 0 Å². The van der Waals surface area contributed by atoms with Crippen molar-refractivity contribution >= 4 is 16.8 Å². The van der Waals surface area contributed by atoms with Gasteiger partial charge < -0.3 is 15.3 Å². The third kappa shape index (κ3) is 2.72. The summed E-state index contributed by atoms with van der Waals surface area (Å²) in [4.78, 5) is 22.3. The predicted octanol–water partition coefficient (Wildman–Crippen LogP) is 2.76. The number of amides is 1. The molecule has 0 unspecified atom stereocenters. The lowest BCUT2D eigenvalue weighted by molar-refractivity contribution is -0.121. The third-order valence-electron chi connectivity index (χ3n) is 3.78. The van der Waals surface area contributed by atoms with E-state index in [0.29, 0.717) is 0 Å². The molecule has 0 saturated carbocycles. The number of nitrogens with one attached hydrogen (secondary N) is 3. The van der Waals surface area contributed by atoms with Crippen LogP contribution in [0.15, 0.2) is 30.7 Å². The molecule has 114 valence electrons. The zero-order valence-electron chi connectivity index (χ0n) is 12.4. The molecule has 1 aromatic carbocycles. The molecule has 1 amide bonds. The minimum absolute atomic E-state index is 0.115. The number of carbonyl (C=O) groups excluding carboxylic acids is 1. The van der Waals surface area contributed by atoms with E-state index in [-0.39, 0.29) is 24.2 Å². The van der Waals surface area contributed by atoms with Crippen molar-refractivity contribution in [1.82, 2.24) is 20.3 Å². The lowest BCUT2D eigenvalue weighted by atomic mass is 10.1. The van der Waals surface area contributed by atoms with Crippen LogP contribution in [0, 0.1) is 12.7 Å². The first kappa shape index (κ1) is 14.3. The molecule has 2 heterocycles. The number of H-pyrrole nitrogens is 2. The molecule has 0 saturated heterocycles. The first-order valence-electron chi connectivity index (χ1n) is 7.09. The molecule has 6 heteroatoms. The molecule has 0 fully saturated rings. The smallest absolute Gasteiger partial charge is 0.225 e. The Kier molecular flexibility index (Phi) is 3.66. The number of rotatable bonds is 4. The molecule has 0 bridgehead atoms. The van der Waals surface area contributed by atoms with Crippen molar-refractivity contribution in [2.45, 2.75) is 26.3 Å². The number of aryl methyl sites for hydroxylation is 1. The third-order valence-corrected chi connectivity index (χ3v) is 3.78. The van der Waals surface area contributed by atoms with Crippen LogP contribution < -0.4 is 5.32 Å². The summed E-state index contributed by atoms with van der Waals surface area (Å²) in [7, 11) is 0. The summed E-state index contributed by atoms with van der Waals surface area (Å²) in [5.74, 6) is -0.422. The summed E-state index contributed by atoms with van der Waals surface area (Å²) in [5.41, 5.74) is 3.38. The molecule has 0 aliphatic heterocycles. The van der Waals surface area contributed by atoms with E-state index in [1.54, 1.807) is 18.6 Å². The van der Waals surface area contributed by atoms with Crippen molar-refractivity contribution in [1.29, 1.82) is 0 Å². The van der Waals surface area contributed by atoms with Crippen molar-refractivity contribution in [3.63, 3.8) is 0 Å². The van der Waals surface area contributed by atoms with Gasteiger partial charge in [0, 0.05) is 16.6 Å². The highest BCUT2D eigenvalue weighted by atomic mass is 19.1. The van der Waals surface area contributed by atoms with E-state index in [0.717, 1.165) is 27.9 Å². The van der Waals surface area contributed by atoms with Gasteiger partial charge in [-0.25, -0.2) is 9.37 Å². The highest BCUT2D eigenvalue weighted by Gasteiger charge is 2.15. The van der Waals surface area contributed by atoms with Gasteiger partial charge in [0.25, 0.3) is 0 Å². The van der Waals surface area contributed by atoms with E-state index in [2.05, 4.69) is 20.3 Å². The summed E-state index contributed by atoms with van der Waals surface area (Å²) in [6, 6.07) is 4.39. The van der Waals surface area contributed by atoms with Crippen LogP contribution in [0.1, 0.15) is 29.9 Å². The van der Waals surface area contributed by atoms with Crippen LogP contribution in [0.4, 0.5) is 4.39 Å². The normalized spacial score (nSPS) is 12.5. The number of carbonyl (C=O) groups is 1. The van der Waals surface area contributed by atoms with Gasteiger partial charge >= 0.3 is 0 Å². The van der Waals surface area contributed by atoms with Crippen LogP contribution in [0.3, 0.4) is 0 Å². The van der Waals surface area contributed by atoms with Crippen LogP contribution in [0.25, 0.3) is 10.9 Å². The Bertz CT molecular complexity index is 807. The molecule has 3 rings (SSSR count). The standard InChI is InChI=1S/C16H17FN4O/c1-9-12(13-5-11(17)3-4-14(13)20-9)6-16(22)21-10(2)15-7-18-8-19-15/h3-5,7-8,10,20H,6H2,1-2H3,(H,18,19)(H,21,22)/t10-/m0/s1. The first-order valence-corrected chi connectivity index (χ1v) is 7.09. The Hall–Kier alpha value is -2.63. The molecule has 3 aromatic rings. The Balaban J connectivity index is 1.79. The van der Waals surface area contributed by atoms with E-state index in [9.17, 15) is 9.18 Å². The maximum Gasteiger partial charge on any atom is 0.225 e. The topological polar surface area (TPSA) is 73.6 Å². The van der Waals surface area contributed by atoms with E-state index in [1.807, 2.05) is 13.8 Å². The van der Waals surface area contributed by atoms with E-state index < -0.39 is 0 Å². The van der Waals surface area contributed by atoms with Gasteiger partial charge in [-0.2, -0.15) is 0 Å². The number of imidazole rings is 1. The molecule has 5 nitrogen and oxygen atoms in total. The quantitative estimate of drug-likeness (QED) is 0.693. The van der Waals surface area contributed by atoms with Crippen LogP contribution >= 0.6 is 0 Å². The minimum atomic E-state index is -0.306. The largest absolute Gasteiger partial charge is 0.358 e. The van der Waals surface area contributed by atoms with Gasteiger partial charge in [0.2, 0.25) is 5.91 Å². The number of hydrogen-bond acceptors (Lipinski definition) is 2. The number of nitrogens with zero attached hydrogens (tertiary/aromatic N) is 1. The minimum Gasteiger partial charge on any atom is -0.358 e. The average molecular weight is 300 g/mol. The Morgan fingerprint density at radius 1 is 1.45 bits per heavy atom. The van der Waals surface area contributed by atoms with Gasteiger partial charge in [-0.1, -0.05) is 0 Å². The fourth-order valence-electron chi connectivity index (χ4n) is 2.62. The molecule has 2 aromatic heterocycles. The molecule has 0 radical (unpaired) electrons. The molecule has 1 atom stereocenters. The van der Waals surface area contributed by atoms with Crippen molar-refractivity contribution in [3.8, 4) is 0 Å². The Morgan fingerprint density at radius 3 is 3.00 bits per heavy atom. The van der Waals surface area contributed by atoms with E-state index in [1.165, 1.54) is 12.1 Å². The number of fused-ring (bicyclic) bond motifs is 1. The van der Waals surface area contributed by atoms with Gasteiger partial charge in [0.05, 0.1) is 30.7 Å². The van der Waals surface area contributed by atoms with Gasteiger partial charge in [-0.3, -0.25) is 4.79 Å². The van der Waals surface area contributed by atoms with Crippen LogP contribution in [-0.4, -0.2) is 20.9 Å².